The van der Waals surface area contributed by atoms with E-state index >= 15 is 0 Å². The maximum absolute atomic E-state index is 13.6. The van der Waals surface area contributed by atoms with Gasteiger partial charge < -0.3 is 20.9 Å². The average molecular weight is 232 g/mol. The topological polar surface area (TPSA) is 70.5 Å². The van der Waals surface area contributed by atoms with Crippen molar-refractivity contribution >= 4 is 11.4 Å². The fourth-order valence-corrected chi connectivity index (χ4v) is 1.68. The standard InChI is InChI=1S/C12H9FN2O2/c13-8-3-7(15)5-11-12(8)17-10-4-6(14)1-2-9(10)16-11/h1-5H,14-15H2. The zero-order chi connectivity index (χ0) is 12.0. The van der Waals surface area contributed by atoms with Gasteiger partial charge in [0, 0.05) is 29.6 Å². The van der Waals surface area contributed by atoms with Crippen molar-refractivity contribution in [1.29, 1.82) is 0 Å². The van der Waals surface area contributed by atoms with Gasteiger partial charge in [-0.3, -0.25) is 0 Å². The second-order valence-corrected chi connectivity index (χ2v) is 3.74. The fourth-order valence-electron chi connectivity index (χ4n) is 1.68. The molecule has 0 amide bonds. The highest BCUT2D eigenvalue weighted by atomic mass is 19.1. The smallest absolute Gasteiger partial charge is 0.205 e. The summed E-state index contributed by atoms with van der Waals surface area (Å²) in [7, 11) is 0. The van der Waals surface area contributed by atoms with E-state index in [1.165, 1.54) is 12.1 Å². The summed E-state index contributed by atoms with van der Waals surface area (Å²) >= 11 is 0. The van der Waals surface area contributed by atoms with Crippen LogP contribution in [0.15, 0.2) is 30.3 Å². The van der Waals surface area contributed by atoms with E-state index < -0.39 is 5.82 Å². The van der Waals surface area contributed by atoms with Crippen LogP contribution in [0.5, 0.6) is 23.0 Å². The van der Waals surface area contributed by atoms with E-state index in [0.717, 1.165) is 0 Å². The molecule has 4 N–H and O–H groups in total. The Morgan fingerprint density at radius 3 is 2.41 bits per heavy atom. The molecule has 1 aliphatic rings. The molecule has 17 heavy (non-hydrogen) atoms. The molecule has 0 unspecified atom stereocenters. The minimum atomic E-state index is -0.562. The Bertz CT molecular complexity index is 614. The van der Waals surface area contributed by atoms with Gasteiger partial charge in [-0.25, -0.2) is 4.39 Å². The van der Waals surface area contributed by atoms with Gasteiger partial charge in [-0.2, -0.15) is 0 Å². The van der Waals surface area contributed by atoms with Crippen molar-refractivity contribution in [3.05, 3.63) is 36.1 Å². The number of hydrogen-bond acceptors (Lipinski definition) is 4. The van der Waals surface area contributed by atoms with Crippen molar-refractivity contribution in [2.75, 3.05) is 11.5 Å². The number of ether oxygens (including phenoxy) is 2. The van der Waals surface area contributed by atoms with Gasteiger partial charge in [0.2, 0.25) is 5.75 Å². The van der Waals surface area contributed by atoms with Crippen molar-refractivity contribution < 1.29 is 13.9 Å². The molecule has 0 aliphatic carbocycles. The Labute approximate surface area is 96.6 Å². The number of benzene rings is 2. The van der Waals surface area contributed by atoms with Crippen molar-refractivity contribution in [3.8, 4) is 23.0 Å². The monoisotopic (exact) mass is 232 g/mol. The van der Waals surface area contributed by atoms with Crippen LogP contribution in [0.4, 0.5) is 15.8 Å². The summed E-state index contributed by atoms with van der Waals surface area (Å²) in [4.78, 5) is 0. The van der Waals surface area contributed by atoms with Crippen LogP contribution in [-0.2, 0) is 0 Å². The van der Waals surface area contributed by atoms with E-state index in [-0.39, 0.29) is 17.2 Å². The Morgan fingerprint density at radius 2 is 1.59 bits per heavy atom. The lowest BCUT2D eigenvalue weighted by Gasteiger charge is -2.21. The molecule has 3 rings (SSSR count). The third-order valence-corrected chi connectivity index (χ3v) is 2.43. The Kier molecular flexibility index (Phi) is 1.89. The number of halogens is 1. The van der Waals surface area contributed by atoms with Crippen molar-refractivity contribution in [2.45, 2.75) is 0 Å². The molecule has 0 spiro atoms. The van der Waals surface area contributed by atoms with Crippen LogP contribution >= 0.6 is 0 Å². The summed E-state index contributed by atoms with van der Waals surface area (Å²) < 4.78 is 24.5. The lowest BCUT2D eigenvalue weighted by molar-refractivity contribution is 0.343. The van der Waals surface area contributed by atoms with Gasteiger partial charge in [0.1, 0.15) is 0 Å². The van der Waals surface area contributed by atoms with E-state index in [2.05, 4.69) is 0 Å². The van der Waals surface area contributed by atoms with Crippen LogP contribution in [0.25, 0.3) is 0 Å². The molecule has 0 saturated heterocycles. The lowest BCUT2D eigenvalue weighted by Crippen LogP contribution is -2.02. The van der Waals surface area contributed by atoms with Crippen molar-refractivity contribution in [3.63, 3.8) is 0 Å². The third-order valence-electron chi connectivity index (χ3n) is 2.43. The quantitative estimate of drug-likeness (QED) is 0.584. The van der Waals surface area contributed by atoms with E-state index in [1.807, 2.05) is 0 Å². The van der Waals surface area contributed by atoms with Gasteiger partial charge >= 0.3 is 0 Å². The second kappa shape index (κ2) is 3.28. The average Bonchev–Trinajstić information content (AvgIpc) is 2.27. The SMILES string of the molecule is Nc1ccc2c(c1)Oc1c(F)cc(N)cc1O2. The Morgan fingerprint density at radius 1 is 0.824 bits per heavy atom. The number of hydrogen-bond donors (Lipinski definition) is 2. The van der Waals surface area contributed by atoms with E-state index in [9.17, 15) is 4.39 Å². The summed E-state index contributed by atoms with van der Waals surface area (Å²) in [6.45, 7) is 0. The molecule has 5 heteroatoms. The molecule has 0 radical (unpaired) electrons. The van der Waals surface area contributed by atoms with Gasteiger partial charge in [-0.15, -0.1) is 0 Å². The molecule has 0 atom stereocenters. The molecule has 1 heterocycles. The number of fused-ring (bicyclic) bond motifs is 2. The van der Waals surface area contributed by atoms with Crippen LogP contribution in [0, 0.1) is 5.82 Å². The van der Waals surface area contributed by atoms with Gasteiger partial charge in [0.25, 0.3) is 0 Å². The first-order valence-electron chi connectivity index (χ1n) is 4.98. The summed E-state index contributed by atoms with van der Waals surface area (Å²) in [6, 6.07) is 7.61. The summed E-state index contributed by atoms with van der Waals surface area (Å²) in [5.41, 5.74) is 11.9. The molecule has 0 bridgehead atoms. The molecular weight excluding hydrogens is 223 g/mol. The van der Waals surface area contributed by atoms with Gasteiger partial charge in [-0.05, 0) is 12.1 Å². The predicted molar refractivity (Wildman–Crippen MR) is 61.8 cm³/mol. The molecular formula is C12H9FN2O2. The largest absolute Gasteiger partial charge is 0.449 e. The molecule has 0 saturated carbocycles. The maximum Gasteiger partial charge on any atom is 0.205 e. The first kappa shape index (κ1) is 9.77. The molecule has 1 aliphatic heterocycles. The number of anilines is 2. The molecule has 86 valence electrons. The molecule has 0 fully saturated rings. The van der Waals surface area contributed by atoms with Gasteiger partial charge in [-0.1, -0.05) is 0 Å². The predicted octanol–water partition coefficient (Wildman–Crippen LogP) is 2.89. The van der Waals surface area contributed by atoms with Gasteiger partial charge in [0.15, 0.2) is 23.1 Å². The van der Waals surface area contributed by atoms with E-state index in [1.54, 1.807) is 18.2 Å². The second-order valence-electron chi connectivity index (χ2n) is 3.74. The summed E-state index contributed by atoms with van der Waals surface area (Å²) in [5.74, 6) is 0.600. The highest BCUT2D eigenvalue weighted by Crippen LogP contribution is 2.47. The molecule has 2 aromatic carbocycles. The summed E-state index contributed by atoms with van der Waals surface area (Å²) in [5, 5.41) is 0. The minimum absolute atomic E-state index is 0.0253. The molecule has 4 nitrogen and oxygen atoms in total. The van der Waals surface area contributed by atoms with Gasteiger partial charge in [0.05, 0.1) is 0 Å². The number of nitrogen functional groups attached to an aromatic ring is 2. The normalized spacial score (nSPS) is 12.1. The lowest BCUT2D eigenvalue weighted by atomic mass is 10.2. The van der Waals surface area contributed by atoms with E-state index in [0.29, 0.717) is 17.2 Å². The summed E-state index contributed by atoms with van der Waals surface area (Å²) in [6.07, 6.45) is 0. The van der Waals surface area contributed by atoms with Crippen LogP contribution in [-0.4, -0.2) is 0 Å². The fraction of sp³-hybridized carbons (Fsp3) is 0. The van der Waals surface area contributed by atoms with Crippen LogP contribution in [0.3, 0.4) is 0 Å². The first-order chi connectivity index (χ1) is 8.13. The molecule has 2 aromatic rings. The Balaban J connectivity index is 2.14. The zero-order valence-electron chi connectivity index (χ0n) is 8.74. The van der Waals surface area contributed by atoms with Crippen LogP contribution in [0.1, 0.15) is 0 Å². The van der Waals surface area contributed by atoms with Crippen molar-refractivity contribution in [1.82, 2.24) is 0 Å². The maximum atomic E-state index is 13.6. The minimum Gasteiger partial charge on any atom is -0.449 e. The van der Waals surface area contributed by atoms with Crippen LogP contribution < -0.4 is 20.9 Å². The van der Waals surface area contributed by atoms with E-state index in [4.69, 9.17) is 20.9 Å². The number of nitrogens with two attached hydrogens (primary N) is 2. The first-order valence-corrected chi connectivity index (χ1v) is 4.98. The molecule has 0 aromatic heterocycles. The van der Waals surface area contributed by atoms with Crippen LogP contribution in [0.2, 0.25) is 0 Å². The Hall–Kier alpha value is -2.43. The highest BCUT2D eigenvalue weighted by Gasteiger charge is 2.22. The third kappa shape index (κ3) is 1.52. The van der Waals surface area contributed by atoms with Crippen molar-refractivity contribution in [2.24, 2.45) is 0 Å². The highest BCUT2D eigenvalue weighted by molar-refractivity contribution is 5.62. The zero-order valence-corrected chi connectivity index (χ0v) is 8.74. The number of rotatable bonds is 0.